The molecule has 5 heteroatoms. The number of H-pyrrole nitrogens is 1. The van der Waals surface area contributed by atoms with Crippen molar-refractivity contribution in [2.24, 2.45) is 0 Å². The lowest BCUT2D eigenvalue weighted by Crippen LogP contribution is -2.33. The number of hydrogen-bond acceptors (Lipinski definition) is 4. The monoisotopic (exact) mass is 257 g/mol. The first kappa shape index (κ1) is 12.1. The summed E-state index contributed by atoms with van der Waals surface area (Å²) < 4.78 is 0. The molecule has 0 spiro atoms. The Hall–Kier alpha value is -1.91. The van der Waals surface area contributed by atoms with Gasteiger partial charge in [0.2, 0.25) is 0 Å². The minimum atomic E-state index is 0.516. The third-order valence-corrected chi connectivity index (χ3v) is 3.75. The first-order valence-electron chi connectivity index (χ1n) is 6.78. The Bertz CT molecular complexity index is 521. The Morgan fingerprint density at radius 1 is 1.16 bits per heavy atom. The summed E-state index contributed by atoms with van der Waals surface area (Å²) in [4.78, 5) is 11.1. The third kappa shape index (κ3) is 2.59. The van der Waals surface area contributed by atoms with Crippen LogP contribution in [0.4, 0.5) is 5.69 Å². The Labute approximate surface area is 113 Å². The molecule has 3 rings (SSSR count). The molecule has 5 nitrogen and oxygen atoms in total. The van der Waals surface area contributed by atoms with Crippen LogP contribution in [0, 0.1) is 13.8 Å². The molecular formula is C14H19N5. The summed E-state index contributed by atoms with van der Waals surface area (Å²) in [6, 6.07) is 4.34. The summed E-state index contributed by atoms with van der Waals surface area (Å²) in [6.45, 7) is 6.23. The van der Waals surface area contributed by atoms with E-state index in [1.54, 1.807) is 6.33 Å². The number of aromatic nitrogens is 4. The van der Waals surface area contributed by atoms with E-state index in [1.807, 2.05) is 0 Å². The van der Waals surface area contributed by atoms with Crippen molar-refractivity contribution < 1.29 is 0 Å². The van der Waals surface area contributed by atoms with Crippen molar-refractivity contribution in [2.75, 3.05) is 18.0 Å². The maximum Gasteiger partial charge on any atom is 0.137 e. The van der Waals surface area contributed by atoms with Gasteiger partial charge in [0, 0.05) is 36.1 Å². The van der Waals surface area contributed by atoms with Gasteiger partial charge in [-0.15, -0.1) is 0 Å². The molecule has 100 valence electrons. The second kappa shape index (κ2) is 4.99. The minimum Gasteiger partial charge on any atom is -0.371 e. The summed E-state index contributed by atoms with van der Waals surface area (Å²) in [5.74, 6) is 1.55. The molecule has 0 amide bonds. The van der Waals surface area contributed by atoms with E-state index >= 15 is 0 Å². The molecule has 2 aromatic rings. The Morgan fingerprint density at radius 2 is 1.84 bits per heavy atom. The van der Waals surface area contributed by atoms with Crippen molar-refractivity contribution in [1.29, 1.82) is 0 Å². The molecule has 1 aliphatic heterocycles. The molecule has 0 aromatic carbocycles. The van der Waals surface area contributed by atoms with Crippen molar-refractivity contribution in [3.05, 3.63) is 35.7 Å². The van der Waals surface area contributed by atoms with Gasteiger partial charge in [0.15, 0.2) is 0 Å². The molecule has 1 N–H and O–H groups in total. The number of anilines is 1. The molecular weight excluding hydrogens is 238 g/mol. The highest BCUT2D eigenvalue weighted by Gasteiger charge is 2.22. The molecule has 0 radical (unpaired) electrons. The van der Waals surface area contributed by atoms with Crippen LogP contribution >= 0.6 is 0 Å². The topological polar surface area (TPSA) is 57.7 Å². The summed E-state index contributed by atoms with van der Waals surface area (Å²) in [5.41, 5.74) is 3.47. The average Bonchev–Trinajstić information content (AvgIpc) is 2.91. The van der Waals surface area contributed by atoms with Crippen LogP contribution in [0.25, 0.3) is 0 Å². The molecule has 0 aliphatic carbocycles. The van der Waals surface area contributed by atoms with Crippen LogP contribution < -0.4 is 4.90 Å². The van der Waals surface area contributed by atoms with E-state index in [1.165, 1.54) is 5.69 Å². The van der Waals surface area contributed by atoms with Crippen molar-refractivity contribution in [2.45, 2.75) is 32.6 Å². The Morgan fingerprint density at radius 3 is 2.42 bits per heavy atom. The van der Waals surface area contributed by atoms with Crippen LogP contribution in [0.15, 0.2) is 18.5 Å². The van der Waals surface area contributed by atoms with Gasteiger partial charge in [0.25, 0.3) is 0 Å². The molecule has 2 aromatic heterocycles. The highest BCUT2D eigenvalue weighted by molar-refractivity contribution is 5.48. The second-order valence-corrected chi connectivity index (χ2v) is 5.24. The number of pyridine rings is 1. The van der Waals surface area contributed by atoms with Gasteiger partial charge in [-0.2, -0.15) is 5.10 Å². The van der Waals surface area contributed by atoms with Crippen LogP contribution in [0.2, 0.25) is 0 Å². The fraction of sp³-hybridized carbons (Fsp3) is 0.500. The number of nitrogens with zero attached hydrogens (tertiary/aromatic N) is 4. The van der Waals surface area contributed by atoms with E-state index in [-0.39, 0.29) is 0 Å². The molecule has 1 fully saturated rings. The Balaban J connectivity index is 1.70. The summed E-state index contributed by atoms with van der Waals surface area (Å²) >= 11 is 0. The fourth-order valence-corrected chi connectivity index (χ4v) is 2.82. The number of piperidine rings is 1. The molecule has 1 saturated heterocycles. The van der Waals surface area contributed by atoms with E-state index in [0.29, 0.717) is 5.92 Å². The van der Waals surface area contributed by atoms with Gasteiger partial charge in [0.05, 0.1) is 0 Å². The summed E-state index contributed by atoms with van der Waals surface area (Å²) in [7, 11) is 0. The number of nitrogens with one attached hydrogen (secondary N) is 1. The minimum absolute atomic E-state index is 0.516. The van der Waals surface area contributed by atoms with E-state index < -0.39 is 0 Å². The predicted octanol–water partition coefficient (Wildman–Crippen LogP) is 2.20. The van der Waals surface area contributed by atoms with Crippen LogP contribution in [0.5, 0.6) is 0 Å². The van der Waals surface area contributed by atoms with Gasteiger partial charge < -0.3 is 4.90 Å². The van der Waals surface area contributed by atoms with Crippen LogP contribution in [0.1, 0.15) is 36.0 Å². The fourth-order valence-electron chi connectivity index (χ4n) is 2.82. The third-order valence-electron chi connectivity index (χ3n) is 3.75. The zero-order valence-corrected chi connectivity index (χ0v) is 11.4. The molecule has 0 saturated carbocycles. The van der Waals surface area contributed by atoms with Gasteiger partial charge in [0.1, 0.15) is 12.2 Å². The normalized spacial score (nSPS) is 16.8. The van der Waals surface area contributed by atoms with Gasteiger partial charge >= 0.3 is 0 Å². The number of hydrogen-bond donors (Lipinski definition) is 1. The van der Waals surface area contributed by atoms with E-state index in [9.17, 15) is 0 Å². The quantitative estimate of drug-likeness (QED) is 0.896. The van der Waals surface area contributed by atoms with Crippen LogP contribution in [0.3, 0.4) is 0 Å². The molecule has 19 heavy (non-hydrogen) atoms. The van der Waals surface area contributed by atoms with E-state index in [4.69, 9.17) is 0 Å². The molecule has 0 unspecified atom stereocenters. The number of aromatic amines is 1. The number of aryl methyl sites for hydroxylation is 2. The van der Waals surface area contributed by atoms with E-state index in [2.05, 4.69) is 51.0 Å². The van der Waals surface area contributed by atoms with Crippen molar-refractivity contribution in [3.8, 4) is 0 Å². The van der Waals surface area contributed by atoms with Crippen molar-refractivity contribution in [3.63, 3.8) is 0 Å². The van der Waals surface area contributed by atoms with Crippen LogP contribution in [-0.4, -0.2) is 33.3 Å². The van der Waals surface area contributed by atoms with Gasteiger partial charge in [-0.05, 0) is 38.8 Å². The Kier molecular flexibility index (Phi) is 3.19. The van der Waals surface area contributed by atoms with Gasteiger partial charge in [-0.3, -0.25) is 10.1 Å². The van der Waals surface area contributed by atoms with E-state index in [0.717, 1.165) is 43.1 Å². The lowest BCUT2D eigenvalue weighted by molar-refractivity contribution is 0.487. The average molecular weight is 257 g/mol. The number of rotatable bonds is 2. The maximum atomic E-state index is 4.43. The smallest absolute Gasteiger partial charge is 0.137 e. The highest BCUT2D eigenvalue weighted by Crippen LogP contribution is 2.28. The molecule has 0 bridgehead atoms. The lowest BCUT2D eigenvalue weighted by atomic mass is 9.96. The molecule has 0 atom stereocenters. The standard InChI is InChI=1S/C14H19N5/c1-10-7-13(8-11(2)17-10)19-5-3-12(4-6-19)14-15-9-16-18-14/h7-9,12H,3-6H2,1-2H3,(H,15,16,18). The predicted molar refractivity (Wildman–Crippen MR) is 74.3 cm³/mol. The first-order valence-corrected chi connectivity index (χ1v) is 6.78. The zero-order chi connectivity index (χ0) is 13.2. The highest BCUT2D eigenvalue weighted by atomic mass is 15.2. The first-order chi connectivity index (χ1) is 9.22. The van der Waals surface area contributed by atoms with Crippen molar-refractivity contribution in [1.82, 2.24) is 20.2 Å². The zero-order valence-electron chi connectivity index (χ0n) is 11.4. The summed E-state index contributed by atoms with van der Waals surface area (Å²) in [6.07, 6.45) is 3.84. The molecule has 1 aliphatic rings. The van der Waals surface area contributed by atoms with Crippen LogP contribution in [-0.2, 0) is 0 Å². The SMILES string of the molecule is Cc1cc(N2CCC(c3ncn[nH]3)CC2)cc(C)n1. The van der Waals surface area contributed by atoms with Gasteiger partial charge in [-0.25, -0.2) is 4.98 Å². The largest absolute Gasteiger partial charge is 0.371 e. The lowest BCUT2D eigenvalue weighted by Gasteiger charge is -2.33. The van der Waals surface area contributed by atoms with Crippen molar-refractivity contribution >= 4 is 5.69 Å². The second-order valence-electron chi connectivity index (χ2n) is 5.24. The summed E-state index contributed by atoms with van der Waals surface area (Å²) in [5, 5.41) is 6.93. The van der Waals surface area contributed by atoms with Gasteiger partial charge in [-0.1, -0.05) is 0 Å². The molecule has 3 heterocycles. The maximum absolute atomic E-state index is 4.43.